The van der Waals surface area contributed by atoms with E-state index < -0.39 is 22.4 Å². The lowest BCUT2D eigenvalue weighted by Crippen LogP contribution is -2.30. The van der Waals surface area contributed by atoms with Crippen LogP contribution < -0.4 is 14.2 Å². The summed E-state index contributed by atoms with van der Waals surface area (Å²) in [5.74, 6) is 1.46. The van der Waals surface area contributed by atoms with E-state index in [2.05, 4.69) is 6.58 Å². The molecule has 0 radical (unpaired) electrons. The fourth-order valence-corrected chi connectivity index (χ4v) is 4.91. The molecule has 16 heteroatoms. The second kappa shape index (κ2) is 30.3. The van der Waals surface area contributed by atoms with Crippen molar-refractivity contribution in [3.05, 3.63) is 102 Å². The Bertz CT molecular complexity index is 1860. The zero-order valence-corrected chi connectivity index (χ0v) is 39.6. The number of aliphatic hydroxyl groups excluding tert-OH is 1. The monoisotopic (exact) mass is 938 g/mol. The zero-order chi connectivity index (χ0) is 48.2. The smallest absolute Gasteiger partial charge is 0.330 e. The number of aliphatic hydroxyl groups is 2. The number of alkyl halides is 2. The molecule has 2 N–H and O–H groups in total. The standard InChI is InChI=1S/C16H21ClO4.C16H20O4.C12H16O4.C3H4Cl2O/c1-16(2,3)15(19)12-4-6-13(7-5-12)20-10-11-21-14(18)8-9-17;1-5-14(17)20-11-10-19-13-8-6-12(7-9-13)15(18)16(2,3)4;1-12(2,15)11(14)9-3-5-10(6-4-9)16-8-7-13;4-2-1-3(5)6/h4-7H,8-11H2,1-3H3;5-9H,1,10-11H2,2-4H3;3-6,13,15H,7-8H2,1-2H3;1-2H2. The Morgan fingerprint density at radius 2 is 0.905 bits per heavy atom. The molecule has 0 amide bonds. The minimum Gasteiger partial charge on any atom is -0.491 e. The van der Waals surface area contributed by atoms with Crippen LogP contribution in [-0.4, -0.2) is 102 Å². The average molecular weight is 940 g/mol. The molecule has 3 aromatic carbocycles. The van der Waals surface area contributed by atoms with Crippen molar-refractivity contribution in [1.29, 1.82) is 0 Å². The number of ether oxygens (including phenoxy) is 5. The molecule has 348 valence electrons. The molecule has 13 nitrogen and oxygen atoms in total. The number of esters is 2. The van der Waals surface area contributed by atoms with Crippen LogP contribution in [0.25, 0.3) is 0 Å². The molecule has 0 aliphatic rings. The van der Waals surface area contributed by atoms with E-state index >= 15 is 0 Å². The maximum atomic E-state index is 12.1. The summed E-state index contributed by atoms with van der Waals surface area (Å²) in [5.41, 5.74) is -0.427. The highest BCUT2D eigenvalue weighted by atomic mass is 35.5. The van der Waals surface area contributed by atoms with Crippen molar-refractivity contribution in [3.63, 3.8) is 0 Å². The van der Waals surface area contributed by atoms with Gasteiger partial charge in [0.05, 0.1) is 13.0 Å². The Morgan fingerprint density at radius 3 is 1.19 bits per heavy atom. The summed E-state index contributed by atoms with van der Waals surface area (Å²) < 4.78 is 25.7. The van der Waals surface area contributed by atoms with Crippen LogP contribution >= 0.6 is 34.8 Å². The lowest BCUT2D eigenvalue weighted by molar-refractivity contribution is -0.144. The van der Waals surface area contributed by atoms with Gasteiger partial charge in [0.25, 0.3) is 0 Å². The predicted molar refractivity (Wildman–Crippen MR) is 245 cm³/mol. The van der Waals surface area contributed by atoms with Gasteiger partial charge in [0.2, 0.25) is 5.24 Å². The second-order valence-corrected chi connectivity index (χ2v) is 16.9. The van der Waals surface area contributed by atoms with Gasteiger partial charge in [0.15, 0.2) is 17.3 Å². The van der Waals surface area contributed by atoms with Crippen molar-refractivity contribution in [2.45, 2.75) is 73.8 Å². The van der Waals surface area contributed by atoms with Crippen molar-refractivity contribution in [3.8, 4) is 17.2 Å². The van der Waals surface area contributed by atoms with Crippen LogP contribution in [0.1, 0.15) is 99.3 Å². The highest BCUT2D eigenvalue weighted by molar-refractivity contribution is 6.63. The molecule has 0 heterocycles. The summed E-state index contributed by atoms with van der Waals surface area (Å²) in [5, 5.41) is 17.7. The molecular weight excluding hydrogens is 879 g/mol. The number of rotatable bonds is 20. The number of carbonyl (C=O) groups is 6. The lowest BCUT2D eigenvalue weighted by atomic mass is 9.86. The van der Waals surface area contributed by atoms with Gasteiger partial charge in [-0.2, -0.15) is 0 Å². The van der Waals surface area contributed by atoms with Gasteiger partial charge in [-0.25, -0.2) is 4.79 Å². The van der Waals surface area contributed by atoms with Gasteiger partial charge in [-0.05, 0) is 98.2 Å². The molecule has 0 saturated heterocycles. The predicted octanol–water partition coefficient (Wildman–Crippen LogP) is 8.88. The minimum absolute atomic E-state index is 0.0512. The molecule has 0 aliphatic heterocycles. The molecule has 0 saturated carbocycles. The Balaban J connectivity index is 0.000000864. The molecule has 3 rings (SSSR count). The minimum atomic E-state index is -1.37. The van der Waals surface area contributed by atoms with Crippen LogP contribution in [0.4, 0.5) is 0 Å². The summed E-state index contributed by atoms with van der Waals surface area (Å²) in [6.45, 7) is 18.5. The van der Waals surface area contributed by atoms with Gasteiger partial charge in [-0.1, -0.05) is 48.1 Å². The van der Waals surface area contributed by atoms with Crippen LogP contribution in [0.2, 0.25) is 0 Å². The van der Waals surface area contributed by atoms with Crippen molar-refractivity contribution in [2.24, 2.45) is 10.8 Å². The van der Waals surface area contributed by atoms with Crippen LogP contribution in [0.3, 0.4) is 0 Å². The number of benzene rings is 3. The Kier molecular flexibility index (Phi) is 28.0. The topological polar surface area (TPSA) is 189 Å². The molecular formula is C47H61Cl3O13. The maximum absolute atomic E-state index is 12.1. The van der Waals surface area contributed by atoms with Crippen molar-refractivity contribution in [2.75, 3.05) is 51.4 Å². The normalized spacial score (nSPS) is 10.7. The third-order valence-electron chi connectivity index (χ3n) is 7.60. The lowest BCUT2D eigenvalue weighted by Gasteiger charge is -2.16. The first-order valence-corrected chi connectivity index (χ1v) is 21.3. The Hall–Kier alpha value is -4.79. The number of Topliss-reactive ketones (excluding diaryl/α,β-unsaturated/α-hetero) is 3. The molecule has 0 fully saturated rings. The molecule has 0 spiro atoms. The molecule has 3 aromatic rings. The van der Waals surface area contributed by atoms with Gasteiger partial charge in [-0.15, -0.1) is 23.2 Å². The molecule has 0 aliphatic carbocycles. The largest absolute Gasteiger partial charge is 0.491 e. The van der Waals surface area contributed by atoms with Gasteiger partial charge < -0.3 is 33.9 Å². The quantitative estimate of drug-likeness (QED) is 0.0273. The van der Waals surface area contributed by atoms with Gasteiger partial charge in [-0.3, -0.25) is 24.0 Å². The van der Waals surface area contributed by atoms with Crippen LogP contribution in [-0.2, 0) is 23.9 Å². The SMILES string of the molecule is C=CC(=O)OCCOc1ccc(C(=O)C(C)(C)C)cc1.CC(C)(C)C(=O)c1ccc(OCCOC(=O)CCCl)cc1.CC(C)(O)C(=O)c1ccc(OCCO)cc1.O=C(Cl)CCCl. The van der Waals surface area contributed by atoms with Crippen molar-refractivity contribution >= 4 is 69.3 Å². The van der Waals surface area contributed by atoms with Crippen molar-refractivity contribution in [1.82, 2.24) is 0 Å². The van der Waals surface area contributed by atoms with Gasteiger partial charge >= 0.3 is 11.9 Å². The second-order valence-electron chi connectivity index (χ2n) is 15.7. The van der Waals surface area contributed by atoms with E-state index in [0.29, 0.717) is 39.8 Å². The first-order chi connectivity index (χ1) is 29.4. The van der Waals surface area contributed by atoms with E-state index in [-0.39, 0.29) is 86.9 Å². The summed E-state index contributed by atoms with van der Waals surface area (Å²) in [6.07, 6.45) is 1.57. The van der Waals surface area contributed by atoms with Crippen molar-refractivity contribution < 1.29 is 62.7 Å². The van der Waals surface area contributed by atoms with E-state index in [1.807, 2.05) is 41.5 Å². The number of hydrogen-bond acceptors (Lipinski definition) is 13. The average Bonchev–Trinajstić information content (AvgIpc) is 3.22. The molecule has 63 heavy (non-hydrogen) atoms. The van der Waals surface area contributed by atoms with Gasteiger partial charge in [0, 0.05) is 51.8 Å². The Morgan fingerprint density at radius 1 is 0.556 bits per heavy atom. The maximum Gasteiger partial charge on any atom is 0.330 e. The van der Waals surface area contributed by atoms with Gasteiger partial charge in [0.1, 0.15) is 55.9 Å². The molecule has 0 aromatic heterocycles. The first-order valence-electron chi connectivity index (χ1n) is 19.8. The summed E-state index contributed by atoms with van der Waals surface area (Å²) in [4.78, 5) is 67.4. The zero-order valence-electron chi connectivity index (χ0n) is 37.3. The first kappa shape index (κ1) is 58.2. The van der Waals surface area contributed by atoms with Crippen LogP contribution in [0, 0.1) is 10.8 Å². The number of hydrogen-bond donors (Lipinski definition) is 2. The van der Waals surface area contributed by atoms with Crippen LogP contribution in [0.5, 0.6) is 17.2 Å². The molecule has 0 unspecified atom stereocenters. The van der Waals surface area contributed by atoms with E-state index in [1.54, 1.807) is 72.8 Å². The Labute approximate surface area is 385 Å². The highest BCUT2D eigenvalue weighted by Crippen LogP contribution is 2.24. The summed E-state index contributed by atoms with van der Waals surface area (Å²) >= 11 is 15.4. The number of carbonyl (C=O) groups excluding carboxylic acids is 6. The molecule has 0 bridgehead atoms. The third kappa shape index (κ3) is 26.4. The summed E-state index contributed by atoms with van der Waals surface area (Å²) in [6, 6.07) is 20.3. The van der Waals surface area contributed by atoms with E-state index in [1.165, 1.54) is 13.8 Å². The molecule has 0 atom stereocenters. The van der Waals surface area contributed by atoms with Crippen LogP contribution in [0.15, 0.2) is 85.5 Å². The third-order valence-corrected chi connectivity index (χ3v) is 8.16. The van der Waals surface area contributed by atoms with E-state index in [9.17, 15) is 33.9 Å². The summed E-state index contributed by atoms with van der Waals surface area (Å²) in [7, 11) is 0. The highest BCUT2D eigenvalue weighted by Gasteiger charge is 2.25. The fourth-order valence-electron chi connectivity index (χ4n) is 4.39. The fraction of sp³-hybridized carbons (Fsp3) is 0.447. The van der Waals surface area contributed by atoms with E-state index in [4.69, 9.17) is 63.6 Å². The van der Waals surface area contributed by atoms with E-state index in [0.717, 1.165) is 6.08 Å². The number of halogens is 3. The number of ketones is 3.